The van der Waals surface area contributed by atoms with Crippen molar-refractivity contribution < 1.29 is 14.2 Å². The molecule has 0 amide bonds. The molecule has 0 radical (unpaired) electrons. The van der Waals surface area contributed by atoms with E-state index in [-0.39, 0.29) is 6.10 Å². The number of aromatic nitrogens is 3. The maximum absolute atomic E-state index is 8.86. The maximum atomic E-state index is 8.86. The SMILES string of the molecule is COc1cccc(OC[C@@H]2CNCCO2)c1-c1cc(Nc2ccc(C#N)nc2)n[nH]1. The van der Waals surface area contributed by atoms with E-state index in [1.54, 1.807) is 25.4 Å². The summed E-state index contributed by atoms with van der Waals surface area (Å²) in [6, 6.07) is 12.9. The summed E-state index contributed by atoms with van der Waals surface area (Å²) in [5.74, 6) is 1.96. The molecule has 1 atom stereocenters. The molecule has 9 nitrogen and oxygen atoms in total. The zero-order chi connectivity index (χ0) is 20.8. The third-order valence-electron chi connectivity index (χ3n) is 4.63. The minimum absolute atomic E-state index is 0.000628. The monoisotopic (exact) mass is 406 g/mol. The summed E-state index contributed by atoms with van der Waals surface area (Å²) in [6.07, 6.45) is 1.59. The number of benzene rings is 1. The van der Waals surface area contributed by atoms with Crippen LogP contribution < -0.4 is 20.1 Å². The van der Waals surface area contributed by atoms with E-state index in [1.807, 2.05) is 30.3 Å². The minimum Gasteiger partial charge on any atom is -0.496 e. The van der Waals surface area contributed by atoms with Crippen molar-refractivity contribution in [2.45, 2.75) is 6.10 Å². The van der Waals surface area contributed by atoms with Crippen LogP contribution in [0.4, 0.5) is 11.5 Å². The smallest absolute Gasteiger partial charge is 0.152 e. The highest BCUT2D eigenvalue weighted by atomic mass is 16.5. The van der Waals surface area contributed by atoms with E-state index in [0.29, 0.717) is 36.2 Å². The molecule has 4 rings (SSSR count). The quantitative estimate of drug-likeness (QED) is 0.548. The van der Waals surface area contributed by atoms with Crippen molar-refractivity contribution in [3.63, 3.8) is 0 Å². The topological polar surface area (TPSA) is 117 Å². The molecule has 3 N–H and O–H groups in total. The molecule has 3 heterocycles. The molecule has 2 aromatic heterocycles. The number of hydrogen-bond donors (Lipinski definition) is 3. The normalized spacial score (nSPS) is 15.9. The Morgan fingerprint density at radius 2 is 2.20 bits per heavy atom. The first-order chi connectivity index (χ1) is 14.8. The first-order valence-electron chi connectivity index (χ1n) is 9.58. The van der Waals surface area contributed by atoms with Crippen LogP contribution >= 0.6 is 0 Å². The number of H-pyrrole nitrogens is 1. The molecular formula is C21H22N6O3. The van der Waals surface area contributed by atoms with Crippen LogP contribution in [0, 0.1) is 11.3 Å². The second kappa shape index (κ2) is 9.26. The Hall–Kier alpha value is -3.61. The van der Waals surface area contributed by atoms with Gasteiger partial charge < -0.3 is 24.8 Å². The highest BCUT2D eigenvalue weighted by Crippen LogP contribution is 2.38. The van der Waals surface area contributed by atoms with Gasteiger partial charge >= 0.3 is 0 Å². The summed E-state index contributed by atoms with van der Waals surface area (Å²) >= 11 is 0. The van der Waals surface area contributed by atoms with Crippen LogP contribution in [-0.4, -0.2) is 54.7 Å². The number of morpholine rings is 1. The van der Waals surface area contributed by atoms with Gasteiger partial charge in [0.1, 0.15) is 36.0 Å². The third kappa shape index (κ3) is 4.51. The average molecular weight is 406 g/mol. The summed E-state index contributed by atoms with van der Waals surface area (Å²) in [5.41, 5.74) is 2.61. The van der Waals surface area contributed by atoms with Gasteiger partial charge in [0, 0.05) is 19.2 Å². The molecule has 1 aromatic carbocycles. The predicted octanol–water partition coefficient (Wildman–Crippen LogP) is 2.46. The molecule has 30 heavy (non-hydrogen) atoms. The number of aromatic amines is 1. The first kappa shape index (κ1) is 19.7. The molecule has 154 valence electrons. The van der Waals surface area contributed by atoms with Gasteiger partial charge in [-0.3, -0.25) is 5.10 Å². The van der Waals surface area contributed by atoms with Crippen molar-refractivity contribution in [3.8, 4) is 28.8 Å². The van der Waals surface area contributed by atoms with Crippen molar-refractivity contribution in [1.29, 1.82) is 5.26 Å². The zero-order valence-corrected chi connectivity index (χ0v) is 16.5. The van der Waals surface area contributed by atoms with Crippen molar-refractivity contribution in [3.05, 3.63) is 48.3 Å². The molecular weight excluding hydrogens is 384 g/mol. The summed E-state index contributed by atoms with van der Waals surface area (Å²) in [6.45, 7) is 2.73. The van der Waals surface area contributed by atoms with Crippen LogP contribution in [0.25, 0.3) is 11.3 Å². The van der Waals surface area contributed by atoms with Crippen LogP contribution in [0.3, 0.4) is 0 Å². The largest absolute Gasteiger partial charge is 0.496 e. The molecule has 9 heteroatoms. The fraction of sp³-hybridized carbons (Fsp3) is 0.286. The number of rotatable bonds is 7. The zero-order valence-electron chi connectivity index (χ0n) is 16.5. The van der Waals surface area contributed by atoms with E-state index in [1.165, 1.54) is 0 Å². The van der Waals surface area contributed by atoms with Gasteiger partial charge in [0.05, 0.1) is 36.9 Å². The molecule has 1 saturated heterocycles. The molecule has 3 aromatic rings. The van der Waals surface area contributed by atoms with E-state index in [2.05, 4.69) is 25.8 Å². The van der Waals surface area contributed by atoms with E-state index in [0.717, 1.165) is 30.0 Å². The lowest BCUT2D eigenvalue weighted by Gasteiger charge is -2.24. The Kier molecular flexibility index (Phi) is 6.08. The summed E-state index contributed by atoms with van der Waals surface area (Å²) in [5, 5.41) is 22.7. The van der Waals surface area contributed by atoms with Crippen LogP contribution in [0.1, 0.15) is 5.69 Å². The standard InChI is InChI=1S/C21H22N6O3/c1-28-18-3-2-4-19(30-13-16-12-23-7-8-29-16)21(18)17-9-20(27-26-17)25-15-6-5-14(10-22)24-11-15/h2-6,9,11,16,23H,7-8,12-13H2,1H3,(H2,25,26,27)/t16-/m0/s1. The van der Waals surface area contributed by atoms with Gasteiger partial charge in [0.15, 0.2) is 5.82 Å². The van der Waals surface area contributed by atoms with Gasteiger partial charge in [-0.1, -0.05) is 6.07 Å². The Morgan fingerprint density at radius 3 is 2.93 bits per heavy atom. The Balaban J connectivity index is 1.54. The fourth-order valence-electron chi connectivity index (χ4n) is 3.17. The highest BCUT2D eigenvalue weighted by molar-refractivity contribution is 5.76. The first-order valence-corrected chi connectivity index (χ1v) is 9.58. The number of ether oxygens (including phenoxy) is 3. The molecule has 1 aliphatic heterocycles. The number of nitrogens with one attached hydrogen (secondary N) is 3. The second-order valence-corrected chi connectivity index (χ2v) is 6.68. The third-order valence-corrected chi connectivity index (χ3v) is 4.63. The highest BCUT2D eigenvalue weighted by Gasteiger charge is 2.19. The lowest BCUT2D eigenvalue weighted by molar-refractivity contribution is 0.000280. The van der Waals surface area contributed by atoms with Gasteiger partial charge in [-0.05, 0) is 24.3 Å². The Morgan fingerprint density at radius 1 is 1.30 bits per heavy atom. The molecule has 1 fully saturated rings. The summed E-state index contributed by atoms with van der Waals surface area (Å²) < 4.78 is 17.3. The van der Waals surface area contributed by atoms with Crippen molar-refractivity contribution in [2.24, 2.45) is 0 Å². The summed E-state index contributed by atoms with van der Waals surface area (Å²) in [4.78, 5) is 4.05. The molecule has 0 saturated carbocycles. The van der Waals surface area contributed by atoms with E-state index in [4.69, 9.17) is 19.5 Å². The molecule has 0 aliphatic carbocycles. The number of pyridine rings is 1. The van der Waals surface area contributed by atoms with E-state index in [9.17, 15) is 0 Å². The van der Waals surface area contributed by atoms with Gasteiger partial charge in [0.2, 0.25) is 0 Å². The van der Waals surface area contributed by atoms with Crippen molar-refractivity contribution in [1.82, 2.24) is 20.5 Å². The molecule has 0 unspecified atom stereocenters. The Labute approximate surface area is 174 Å². The van der Waals surface area contributed by atoms with Crippen LogP contribution in [-0.2, 0) is 4.74 Å². The fourth-order valence-corrected chi connectivity index (χ4v) is 3.17. The average Bonchev–Trinajstić information content (AvgIpc) is 3.26. The number of methoxy groups -OCH3 is 1. The molecule has 1 aliphatic rings. The van der Waals surface area contributed by atoms with E-state index < -0.39 is 0 Å². The van der Waals surface area contributed by atoms with Crippen molar-refractivity contribution in [2.75, 3.05) is 38.7 Å². The van der Waals surface area contributed by atoms with Gasteiger partial charge in [-0.15, -0.1) is 0 Å². The maximum Gasteiger partial charge on any atom is 0.152 e. The number of hydrogen-bond acceptors (Lipinski definition) is 8. The number of nitrogens with zero attached hydrogens (tertiary/aromatic N) is 3. The number of nitriles is 1. The minimum atomic E-state index is 0.000628. The van der Waals surface area contributed by atoms with Crippen LogP contribution in [0.15, 0.2) is 42.6 Å². The van der Waals surface area contributed by atoms with Gasteiger partial charge in [-0.2, -0.15) is 10.4 Å². The second-order valence-electron chi connectivity index (χ2n) is 6.68. The lowest BCUT2D eigenvalue weighted by Crippen LogP contribution is -2.41. The van der Waals surface area contributed by atoms with Crippen LogP contribution in [0.2, 0.25) is 0 Å². The summed E-state index contributed by atoms with van der Waals surface area (Å²) in [7, 11) is 1.62. The van der Waals surface area contributed by atoms with Crippen molar-refractivity contribution >= 4 is 11.5 Å². The van der Waals surface area contributed by atoms with Gasteiger partial charge in [-0.25, -0.2) is 4.98 Å². The number of anilines is 2. The van der Waals surface area contributed by atoms with Crippen LogP contribution in [0.5, 0.6) is 11.5 Å². The lowest BCUT2D eigenvalue weighted by atomic mass is 10.1. The predicted molar refractivity (Wildman–Crippen MR) is 111 cm³/mol. The molecule has 0 spiro atoms. The van der Waals surface area contributed by atoms with Gasteiger partial charge in [0.25, 0.3) is 0 Å². The molecule has 0 bridgehead atoms. The van der Waals surface area contributed by atoms with E-state index >= 15 is 0 Å². The Bertz CT molecular complexity index is 1020.